The van der Waals surface area contributed by atoms with Crippen molar-refractivity contribution in [3.8, 4) is 17.2 Å². The molecule has 1 amide bonds. The minimum atomic E-state index is -0.239. The number of benzene rings is 2. The Morgan fingerprint density at radius 1 is 1.14 bits per heavy atom. The summed E-state index contributed by atoms with van der Waals surface area (Å²) in [6.45, 7) is 0. The number of rotatable bonds is 3. The van der Waals surface area contributed by atoms with Crippen molar-refractivity contribution in [2.45, 2.75) is 6.42 Å². The predicted octanol–water partition coefficient (Wildman–Crippen LogP) is 4.13. The molecule has 0 radical (unpaired) electrons. The molecule has 2 heterocycles. The molecule has 3 N–H and O–H groups in total. The molecule has 1 aliphatic rings. The second-order valence-corrected chi connectivity index (χ2v) is 7.30. The molecule has 6 nitrogen and oxygen atoms in total. The van der Waals surface area contributed by atoms with E-state index in [-0.39, 0.29) is 17.7 Å². The molecule has 1 saturated carbocycles. The van der Waals surface area contributed by atoms with Gasteiger partial charge in [0.2, 0.25) is 5.91 Å². The van der Waals surface area contributed by atoms with Crippen molar-refractivity contribution in [2.75, 3.05) is 11.1 Å². The number of anilines is 2. The van der Waals surface area contributed by atoms with Gasteiger partial charge in [0.15, 0.2) is 0 Å². The van der Waals surface area contributed by atoms with Crippen molar-refractivity contribution in [3.05, 3.63) is 60.9 Å². The summed E-state index contributed by atoms with van der Waals surface area (Å²) >= 11 is 0. The van der Waals surface area contributed by atoms with Crippen LogP contribution in [0.2, 0.25) is 0 Å². The van der Waals surface area contributed by atoms with E-state index in [1.807, 2.05) is 48.5 Å². The molecule has 2 aromatic heterocycles. The number of pyridine rings is 2. The first kappa shape index (κ1) is 17.1. The van der Waals surface area contributed by atoms with Gasteiger partial charge >= 0.3 is 0 Å². The molecular formula is C23H17N5O. The van der Waals surface area contributed by atoms with E-state index in [4.69, 9.17) is 11.0 Å². The van der Waals surface area contributed by atoms with Crippen LogP contribution in [0.25, 0.3) is 32.8 Å². The quantitative estimate of drug-likeness (QED) is 0.521. The number of nitrogens with two attached hydrogens (primary N) is 1. The van der Waals surface area contributed by atoms with Crippen molar-refractivity contribution in [2.24, 2.45) is 11.8 Å². The number of hydrogen-bond acceptors (Lipinski definition) is 5. The fourth-order valence-corrected chi connectivity index (χ4v) is 3.70. The lowest BCUT2D eigenvalue weighted by molar-refractivity contribution is -0.117. The van der Waals surface area contributed by atoms with Crippen molar-refractivity contribution in [3.63, 3.8) is 0 Å². The Morgan fingerprint density at radius 2 is 2.00 bits per heavy atom. The number of nitrogens with zero attached hydrogens (tertiary/aromatic N) is 3. The molecular weight excluding hydrogens is 362 g/mol. The van der Waals surface area contributed by atoms with Crippen LogP contribution in [0.5, 0.6) is 0 Å². The maximum Gasteiger partial charge on any atom is 0.230 e. The summed E-state index contributed by atoms with van der Waals surface area (Å²) in [5.41, 5.74) is 9.86. The molecule has 0 bridgehead atoms. The molecule has 0 unspecified atom stereocenters. The Balaban J connectivity index is 1.56. The smallest absolute Gasteiger partial charge is 0.230 e. The van der Waals surface area contributed by atoms with Gasteiger partial charge in [-0.1, -0.05) is 18.2 Å². The van der Waals surface area contributed by atoms with E-state index in [9.17, 15) is 4.79 Å². The number of para-hydroxylation sites is 1. The number of nitriles is 1. The van der Waals surface area contributed by atoms with E-state index >= 15 is 0 Å². The molecule has 5 rings (SSSR count). The number of amides is 1. The molecule has 29 heavy (non-hydrogen) atoms. The van der Waals surface area contributed by atoms with Crippen LogP contribution in [0.3, 0.4) is 0 Å². The summed E-state index contributed by atoms with van der Waals surface area (Å²) in [4.78, 5) is 21.0. The first-order chi connectivity index (χ1) is 14.1. The largest absolute Gasteiger partial charge is 0.398 e. The standard InChI is InChI=1S/C23H17N5O/c24-11-15-8-18(15)23(29)28-22-10-14-7-13(9-20(25)19(14)12-27-22)16-5-6-26-21-4-2-1-3-17(16)21/h1-7,9-10,12,15,18H,8,25H2,(H,27,28,29)/t15-,18+/m1/s1. The second kappa shape index (κ2) is 6.57. The van der Waals surface area contributed by atoms with Crippen LogP contribution in [0.15, 0.2) is 60.9 Å². The first-order valence-corrected chi connectivity index (χ1v) is 9.38. The highest BCUT2D eigenvalue weighted by Crippen LogP contribution is 2.39. The molecule has 2 atom stereocenters. The molecule has 1 fully saturated rings. The van der Waals surface area contributed by atoms with E-state index in [0.29, 0.717) is 17.9 Å². The minimum absolute atomic E-state index is 0.160. The lowest BCUT2D eigenvalue weighted by atomic mass is 9.98. The zero-order valence-corrected chi connectivity index (χ0v) is 15.5. The Hall–Kier alpha value is -3.98. The topological polar surface area (TPSA) is 105 Å². The van der Waals surface area contributed by atoms with E-state index in [0.717, 1.165) is 32.8 Å². The maximum absolute atomic E-state index is 12.2. The van der Waals surface area contributed by atoms with Crippen molar-refractivity contribution >= 4 is 39.1 Å². The summed E-state index contributed by atoms with van der Waals surface area (Å²) in [6, 6.07) is 17.9. The summed E-state index contributed by atoms with van der Waals surface area (Å²) in [7, 11) is 0. The third-order valence-electron chi connectivity index (χ3n) is 5.37. The summed E-state index contributed by atoms with van der Waals surface area (Å²) < 4.78 is 0. The zero-order chi connectivity index (χ0) is 20.0. The highest BCUT2D eigenvalue weighted by molar-refractivity contribution is 6.03. The summed E-state index contributed by atoms with van der Waals surface area (Å²) in [6.07, 6.45) is 4.07. The molecule has 0 saturated heterocycles. The van der Waals surface area contributed by atoms with Crippen LogP contribution >= 0.6 is 0 Å². The first-order valence-electron chi connectivity index (χ1n) is 9.38. The number of carbonyl (C=O) groups is 1. The zero-order valence-electron chi connectivity index (χ0n) is 15.5. The van der Waals surface area contributed by atoms with Crippen LogP contribution < -0.4 is 11.1 Å². The Morgan fingerprint density at radius 3 is 2.83 bits per heavy atom. The number of carbonyl (C=O) groups excluding carboxylic acids is 1. The van der Waals surface area contributed by atoms with Gasteiger partial charge in [0.1, 0.15) is 5.82 Å². The molecule has 0 aliphatic heterocycles. The SMILES string of the molecule is N#C[C@H]1C[C@@H]1C(=O)Nc1cc2cc(-c3ccnc4ccccc34)cc(N)c2cn1. The van der Waals surface area contributed by atoms with Crippen LogP contribution in [-0.4, -0.2) is 15.9 Å². The fraction of sp³-hybridized carbons (Fsp3) is 0.130. The van der Waals surface area contributed by atoms with Gasteiger partial charge in [-0.25, -0.2) is 4.98 Å². The normalized spacial score (nSPS) is 17.8. The number of aromatic nitrogens is 2. The number of fused-ring (bicyclic) bond motifs is 2. The fourth-order valence-electron chi connectivity index (χ4n) is 3.70. The van der Waals surface area contributed by atoms with Crippen molar-refractivity contribution in [1.82, 2.24) is 9.97 Å². The third-order valence-corrected chi connectivity index (χ3v) is 5.37. The second-order valence-electron chi connectivity index (χ2n) is 7.30. The number of nitrogen functional groups attached to an aromatic ring is 1. The maximum atomic E-state index is 12.2. The molecule has 0 spiro atoms. The Bertz CT molecular complexity index is 1320. The monoisotopic (exact) mass is 379 g/mol. The van der Waals surface area contributed by atoms with E-state index in [1.54, 1.807) is 12.4 Å². The van der Waals surface area contributed by atoms with Gasteiger partial charge in [-0.2, -0.15) is 5.26 Å². The predicted molar refractivity (Wildman–Crippen MR) is 113 cm³/mol. The highest BCUT2D eigenvalue weighted by atomic mass is 16.2. The Kier molecular flexibility index (Phi) is 3.88. The van der Waals surface area contributed by atoms with Gasteiger partial charge in [-0.3, -0.25) is 9.78 Å². The molecule has 2 aromatic carbocycles. The third kappa shape index (κ3) is 3.03. The van der Waals surface area contributed by atoms with Gasteiger partial charge in [0, 0.05) is 28.9 Å². The van der Waals surface area contributed by atoms with Gasteiger partial charge in [-0.15, -0.1) is 0 Å². The van der Waals surface area contributed by atoms with E-state index in [2.05, 4.69) is 21.4 Å². The van der Waals surface area contributed by atoms with Crippen molar-refractivity contribution in [1.29, 1.82) is 5.26 Å². The minimum Gasteiger partial charge on any atom is -0.398 e. The molecule has 1 aliphatic carbocycles. The van der Waals surface area contributed by atoms with E-state index < -0.39 is 0 Å². The summed E-state index contributed by atoms with van der Waals surface area (Å²) in [5.74, 6) is -0.121. The van der Waals surface area contributed by atoms with Crippen LogP contribution in [0.4, 0.5) is 11.5 Å². The molecule has 6 heteroatoms. The van der Waals surface area contributed by atoms with Crippen molar-refractivity contribution < 1.29 is 4.79 Å². The van der Waals surface area contributed by atoms with Crippen LogP contribution in [0, 0.1) is 23.2 Å². The average molecular weight is 379 g/mol. The lowest BCUT2D eigenvalue weighted by Crippen LogP contribution is -2.15. The van der Waals surface area contributed by atoms with E-state index in [1.165, 1.54) is 0 Å². The summed E-state index contributed by atoms with van der Waals surface area (Å²) in [5, 5.41) is 14.5. The van der Waals surface area contributed by atoms with Gasteiger partial charge in [-0.05, 0) is 53.3 Å². The number of nitrogens with one attached hydrogen (secondary N) is 1. The van der Waals surface area contributed by atoms with Gasteiger partial charge < -0.3 is 11.1 Å². The number of hydrogen-bond donors (Lipinski definition) is 2. The molecule has 140 valence electrons. The van der Waals surface area contributed by atoms with Gasteiger partial charge in [0.05, 0.1) is 23.4 Å². The lowest BCUT2D eigenvalue weighted by Gasteiger charge is -2.11. The Labute approximate surface area is 167 Å². The highest BCUT2D eigenvalue weighted by Gasteiger charge is 2.43. The van der Waals surface area contributed by atoms with Gasteiger partial charge in [0.25, 0.3) is 0 Å². The molecule has 4 aromatic rings. The average Bonchev–Trinajstić information content (AvgIpc) is 3.53. The van der Waals surface area contributed by atoms with Crippen LogP contribution in [-0.2, 0) is 4.79 Å². The van der Waals surface area contributed by atoms with Crippen LogP contribution in [0.1, 0.15) is 6.42 Å².